The Hall–Kier alpha value is -3.19. The topological polar surface area (TPSA) is 58.8 Å². The maximum atomic E-state index is 14.0. The molecule has 0 unspecified atom stereocenters. The van der Waals surface area contributed by atoms with E-state index in [-0.39, 0.29) is 24.3 Å². The number of carbonyl (C=O) groups excluding carboxylic acids is 1. The number of nitrogens with zero attached hydrogens (tertiary/aromatic N) is 3. The zero-order chi connectivity index (χ0) is 23.2. The van der Waals surface area contributed by atoms with Gasteiger partial charge in [-0.15, -0.1) is 0 Å². The highest BCUT2D eigenvalue weighted by atomic mass is 19.1. The van der Waals surface area contributed by atoms with E-state index >= 15 is 0 Å². The van der Waals surface area contributed by atoms with Crippen molar-refractivity contribution in [3.63, 3.8) is 0 Å². The van der Waals surface area contributed by atoms with Crippen molar-refractivity contribution in [3.05, 3.63) is 83.3 Å². The van der Waals surface area contributed by atoms with E-state index in [0.29, 0.717) is 31.0 Å². The first-order valence-corrected chi connectivity index (χ1v) is 11.3. The second-order valence-electron chi connectivity index (χ2n) is 8.56. The number of halogens is 1. The molecule has 7 heteroatoms. The maximum Gasteiger partial charge on any atom is 0.237 e. The van der Waals surface area contributed by atoms with Gasteiger partial charge in [-0.1, -0.05) is 30.3 Å². The van der Waals surface area contributed by atoms with E-state index in [1.807, 2.05) is 41.1 Å². The van der Waals surface area contributed by atoms with E-state index in [2.05, 4.69) is 4.98 Å². The molecule has 0 N–H and O–H groups in total. The Labute approximate surface area is 194 Å². The number of benzene rings is 2. The van der Waals surface area contributed by atoms with Crippen molar-refractivity contribution in [2.75, 3.05) is 27.2 Å². The van der Waals surface area contributed by atoms with E-state index in [1.54, 1.807) is 31.5 Å². The summed E-state index contributed by atoms with van der Waals surface area (Å²) in [7, 11) is 3.48. The lowest BCUT2D eigenvalue weighted by Gasteiger charge is -2.35. The predicted molar refractivity (Wildman–Crippen MR) is 123 cm³/mol. The number of hydrogen-bond donors (Lipinski definition) is 0. The van der Waals surface area contributed by atoms with Gasteiger partial charge in [0, 0.05) is 25.1 Å². The van der Waals surface area contributed by atoms with Crippen molar-refractivity contribution in [1.82, 2.24) is 14.8 Å². The molecule has 1 atom stereocenters. The highest BCUT2D eigenvalue weighted by Gasteiger charge is 2.31. The molecule has 3 aromatic rings. The van der Waals surface area contributed by atoms with Gasteiger partial charge in [0.25, 0.3) is 0 Å². The van der Waals surface area contributed by atoms with Crippen molar-refractivity contribution in [2.45, 2.75) is 38.3 Å². The smallest absolute Gasteiger partial charge is 0.237 e. The molecule has 2 heterocycles. The number of hydrogen-bond acceptors (Lipinski definition) is 5. The summed E-state index contributed by atoms with van der Waals surface area (Å²) in [4.78, 5) is 21.4. The highest BCUT2D eigenvalue weighted by Crippen LogP contribution is 2.31. The first kappa shape index (κ1) is 23.0. The average Bonchev–Trinajstić information content (AvgIpc) is 3.29. The van der Waals surface area contributed by atoms with Crippen LogP contribution in [0.2, 0.25) is 0 Å². The van der Waals surface area contributed by atoms with Gasteiger partial charge < -0.3 is 14.1 Å². The number of ether oxygens (including phenoxy) is 1. The van der Waals surface area contributed by atoms with Gasteiger partial charge in [0.1, 0.15) is 23.4 Å². The molecule has 1 fully saturated rings. The SMILES string of the molecule is COc1cccc(Cc2cnc([C@H]3CCCCN3C(=O)CN(C)Cc3ccccc3F)o2)c1. The summed E-state index contributed by atoms with van der Waals surface area (Å²) in [6, 6.07) is 14.3. The third-order valence-electron chi connectivity index (χ3n) is 6.00. The van der Waals surface area contributed by atoms with Gasteiger partial charge in [-0.05, 0) is 50.1 Å². The van der Waals surface area contributed by atoms with Gasteiger partial charge in [-0.2, -0.15) is 0 Å². The van der Waals surface area contributed by atoms with Crippen molar-refractivity contribution in [1.29, 1.82) is 0 Å². The van der Waals surface area contributed by atoms with Crippen molar-refractivity contribution in [3.8, 4) is 5.75 Å². The third-order valence-corrected chi connectivity index (χ3v) is 6.00. The first-order chi connectivity index (χ1) is 16.0. The number of aromatic nitrogens is 1. The number of rotatable bonds is 8. The number of piperidine rings is 1. The number of methoxy groups -OCH3 is 1. The molecule has 174 valence electrons. The van der Waals surface area contributed by atoms with Crippen LogP contribution < -0.4 is 4.74 Å². The normalized spacial score (nSPS) is 16.2. The van der Waals surface area contributed by atoms with E-state index in [0.717, 1.165) is 36.3 Å². The molecular weight excluding hydrogens is 421 g/mol. The Kier molecular flexibility index (Phi) is 7.40. The van der Waals surface area contributed by atoms with Gasteiger partial charge in [-0.3, -0.25) is 9.69 Å². The maximum absolute atomic E-state index is 14.0. The molecular formula is C26H30FN3O3. The largest absolute Gasteiger partial charge is 0.497 e. The van der Waals surface area contributed by atoms with Crippen molar-refractivity contribution >= 4 is 5.91 Å². The molecule has 1 amide bonds. The molecule has 0 radical (unpaired) electrons. The Bertz CT molecular complexity index is 1080. The zero-order valence-corrected chi connectivity index (χ0v) is 19.2. The van der Waals surface area contributed by atoms with Crippen molar-refractivity contribution in [2.24, 2.45) is 0 Å². The predicted octanol–water partition coefficient (Wildman–Crippen LogP) is 4.60. The molecule has 0 spiro atoms. The van der Waals surface area contributed by atoms with E-state index in [1.165, 1.54) is 6.07 Å². The molecule has 0 saturated carbocycles. The number of oxazole rings is 1. The van der Waals surface area contributed by atoms with E-state index in [4.69, 9.17) is 9.15 Å². The number of likely N-dealkylation sites (tertiary alicyclic amines) is 1. The fraction of sp³-hybridized carbons (Fsp3) is 0.385. The number of amides is 1. The van der Waals surface area contributed by atoms with Crippen LogP contribution in [0.5, 0.6) is 5.75 Å². The second kappa shape index (κ2) is 10.6. The van der Waals surface area contributed by atoms with Crippen LogP contribution in [-0.2, 0) is 17.8 Å². The minimum atomic E-state index is -0.254. The van der Waals surface area contributed by atoms with Gasteiger partial charge >= 0.3 is 0 Å². The molecule has 1 aromatic heterocycles. The number of carbonyl (C=O) groups is 1. The Morgan fingerprint density at radius 3 is 2.91 bits per heavy atom. The summed E-state index contributed by atoms with van der Waals surface area (Å²) in [5.41, 5.74) is 1.65. The third kappa shape index (κ3) is 5.79. The van der Waals surface area contributed by atoms with Crippen LogP contribution in [0, 0.1) is 5.82 Å². The monoisotopic (exact) mass is 451 g/mol. The molecule has 4 rings (SSSR count). The molecule has 1 aliphatic rings. The van der Waals surface area contributed by atoms with Gasteiger partial charge in [0.05, 0.1) is 19.9 Å². The minimum Gasteiger partial charge on any atom is -0.497 e. The van der Waals surface area contributed by atoms with E-state index < -0.39 is 0 Å². The lowest BCUT2D eigenvalue weighted by molar-refractivity contribution is -0.136. The lowest BCUT2D eigenvalue weighted by Crippen LogP contribution is -2.43. The van der Waals surface area contributed by atoms with Crippen LogP contribution in [0.1, 0.15) is 48.1 Å². The standard InChI is InChI=1S/C26H30FN3O3/c1-29(17-20-9-3-4-11-23(20)27)18-25(31)30-13-6-5-12-24(30)26-28-16-22(33-26)15-19-8-7-10-21(14-19)32-2/h3-4,7-11,14,16,24H,5-6,12-13,15,17-18H2,1-2H3/t24-/m1/s1. The lowest BCUT2D eigenvalue weighted by atomic mass is 10.0. The average molecular weight is 452 g/mol. The molecule has 1 aliphatic heterocycles. The fourth-order valence-electron chi connectivity index (χ4n) is 4.32. The zero-order valence-electron chi connectivity index (χ0n) is 19.2. The second-order valence-corrected chi connectivity index (χ2v) is 8.56. The molecule has 1 saturated heterocycles. The number of likely N-dealkylation sites (N-methyl/N-ethyl adjacent to an activating group) is 1. The Balaban J connectivity index is 1.41. The van der Waals surface area contributed by atoms with Crippen LogP contribution in [0.15, 0.2) is 59.1 Å². The van der Waals surface area contributed by atoms with Crippen LogP contribution >= 0.6 is 0 Å². The van der Waals surface area contributed by atoms with Crippen LogP contribution in [0.25, 0.3) is 0 Å². The van der Waals surface area contributed by atoms with Crippen LogP contribution in [-0.4, -0.2) is 47.9 Å². The van der Waals surface area contributed by atoms with Crippen molar-refractivity contribution < 1.29 is 18.3 Å². The summed E-state index contributed by atoms with van der Waals surface area (Å²) in [6.07, 6.45) is 5.15. The fourth-order valence-corrected chi connectivity index (χ4v) is 4.32. The van der Waals surface area contributed by atoms with Crippen LogP contribution in [0.3, 0.4) is 0 Å². The highest BCUT2D eigenvalue weighted by molar-refractivity contribution is 5.78. The van der Waals surface area contributed by atoms with Gasteiger partial charge in [0.2, 0.25) is 11.8 Å². The first-order valence-electron chi connectivity index (χ1n) is 11.3. The summed E-state index contributed by atoms with van der Waals surface area (Å²) in [6.45, 7) is 1.26. The Morgan fingerprint density at radius 1 is 1.24 bits per heavy atom. The van der Waals surface area contributed by atoms with Crippen LogP contribution in [0.4, 0.5) is 4.39 Å². The molecule has 0 bridgehead atoms. The van der Waals surface area contributed by atoms with Gasteiger partial charge in [0.15, 0.2) is 0 Å². The molecule has 6 nitrogen and oxygen atoms in total. The summed E-state index contributed by atoms with van der Waals surface area (Å²) in [5, 5.41) is 0. The minimum absolute atomic E-state index is 0.00563. The molecule has 0 aliphatic carbocycles. The summed E-state index contributed by atoms with van der Waals surface area (Å²) >= 11 is 0. The summed E-state index contributed by atoms with van der Waals surface area (Å²) in [5.74, 6) is 1.89. The molecule has 2 aromatic carbocycles. The Morgan fingerprint density at radius 2 is 2.09 bits per heavy atom. The quantitative estimate of drug-likeness (QED) is 0.501. The molecule has 33 heavy (non-hydrogen) atoms. The van der Waals surface area contributed by atoms with Gasteiger partial charge in [-0.25, -0.2) is 9.37 Å². The summed E-state index contributed by atoms with van der Waals surface area (Å²) < 4.78 is 25.4. The van der Waals surface area contributed by atoms with E-state index in [9.17, 15) is 9.18 Å².